The number of allylic oxidation sites excluding steroid dienone is 1. The van der Waals surface area contributed by atoms with E-state index in [0.29, 0.717) is 0 Å². The molecule has 3 heterocycles. The molecule has 0 saturated heterocycles. The normalized spacial score (nSPS) is 12.7. The topological polar surface area (TPSA) is 27.2 Å². The number of nitrogens with zero attached hydrogens (tertiary/aromatic N) is 4. The highest BCUT2D eigenvalue weighted by Crippen LogP contribution is 2.38. The van der Waals surface area contributed by atoms with E-state index in [0.717, 1.165) is 33.7 Å². The standard InChI is InChI=1S/C30H28N4/c1-6-13-21-22-18-19-26-27(28(22)32(23(21)7-2)20-14-9-8-10-15-20)31-29-33(26)24-16-11-12-17-25(24)34(29)30(3,4)5/h6-19H,2H2,1,3-5H3/b13-6-. The van der Waals surface area contributed by atoms with Gasteiger partial charge in [0.05, 0.1) is 27.8 Å². The van der Waals surface area contributed by atoms with Gasteiger partial charge in [0.2, 0.25) is 5.78 Å². The molecule has 6 aromatic rings. The highest BCUT2D eigenvalue weighted by molar-refractivity contribution is 6.10. The average Bonchev–Trinajstić information content (AvgIpc) is 3.45. The van der Waals surface area contributed by atoms with Gasteiger partial charge < -0.3 is 9.13 Å². The van der Waals surface area contributed by atoms with Crippen molar-refractivity contribution in [2.24, 2.45) is 0 Å². The maximum Gasteiger partial charge on any atom is 0.216 e. The van der Waals surface area contributed by atoms with Crippen LogP contribution in [-0.4, -0.2) is 18.5 Å². The van der Waals surface area contributed by atoms with Crippen molar-refractivity contribution in [2.45, 2.75) is 33.2 Å². The van der Waals surface area contributed by atoms with Crippen LogP contribution in [0.3, 0.4) is 0 Å². The molecule has 0 atom stereocenters. The SMILES string of the molecule is C=Cc1c(/C=C\C)c2ccc3c(nc4n(C(C)(C)C)c5ccccc5n34)c2n1-c1ccccc1. The first kappa shape index (κ1) is 20.5. The minimum Gasteiger partial charge on any atom is -0.307 e. The second kappa shape index (κ2) is 7.22. The first-order chi connectivity index (χ1) is 16.5. The van der Waals surface area contributed by atoms with Crippen LogP contribution in [0.5, 0.6) is 0 Å². The summed E-state index contributed by atoms with van der Waals surface area (Å²) in [5.74, 6) is 0.963. The van der Waals surface area contributed by atoms with Gasteiger partial charge in [-0.05, 0) is 70.2 Å². The van der Waals surface area contributed by atoms with Crippen molar-refractivity contribution in [3.63, 3.8) is 0 Å². The third kappa shape index (κ3) is 2.69. The lowest BCUT2D eigenvalue weighted by molar-refractivity contribution is 0.419. The number of fused-ring (bicyclic) bond motifs is 7. The number of rotatable bonds is 3. The van der Waals surface area contributed by atoms with E-state index >= 15 is 0 Å². The maximum absolute atomic E-state index is 5.33. The fourth-order valence-electron chi connectivity index (χ4n) is 5.33. The minimum absolute atomic E-state index is 0.116. The number of aromatic nitrogens is 4. The minimum atomic E-state index is -0.116. The van der Waals surface area contributed by atoms with E-state index in [1.54, 1.807) is 0 Å². The van der Waals surface area contributed by atoms with Crippen LogP contribution < -0.4 is 0 Å². The lowest BCUT2D eigenvalue weighted by atomic mass is 10.1. The Kier molecular flexibility index (Phi) is 4.37. The van der Waals surface area contributed by atoms with Gasteiger partial charge in [-0.2, -0.15) is 0 Å². The number of benzene rings is 3. The van der Waals surface area contributed by atoms with Crippen LogP contribution in [0.15, 0.2) is 79.4 Å². The Labute approximate surface area is 199 Å². The molecular formula is C30H28N4. The maximum atomic E-state index is 5.33. The van der Waals surface area contributed by atoms with Gasteiger partial charge in [0.1, 0.15) is 5.52 Å². The Bertz CT molecular complexity index is 1750. The second-order valence-corrected chi connectivity index (χ2v) is 9.75. The predicted octanol–water partition coefficient (Wildman–Crippen LogP) is 7.82. The van der Waals surface area contributed by atoms with Crippen molar-refractivity contribution >= 4 is 50.9 Å². The van der Waals surface area contributed by atoms with E-state index in [4.69, 9.17) is 4.98 Å². The largest absolute Gasteiger partial charge is 0.307 e. The van der Waals surface area contributed by atoms with E-state index in [9.17, 15) is 0 Å². The average molecular weight is 445 g/mol. The summed E-state index contributed by atoms with van der Waals surface area (Å²) in [4.78, 5) is 5.33. The van der Waals surface area contributed by atoms with Crippen molar-refractivity contribution in [3.8, 4) is 5.69 Å². The molecule has 0 unspecified atom stereocenters. The molecule has 0 aliphatic carbocycles. The van der Waals surface area contributed by atoms with Crippen molar-refractivity contribution in [3.05, 3.63) is 90.6 Å². The van der Waals surface area contributed by atoms with E-state index < -0.39 is 0 Å². The molecule has 168 valence electrons. The monoisotopic (exact) mass is 444 g/mol. The van der Waals surface area contributed by atoms with Crippen molar-refractivity contribution in [1.82, 2.24) is 18.5 Å². The molecule has 0 aliphatic rings. The van der Waals surface area contributed by atoms with E-state index in [1.165, 1.54) is 22.0 Å². The van der Waals surface area contributed by atoms with E-state index in [-0.39, 0.29) is 5.54 Å². The first-order valence-electron chi connectivity index (χ1n) is 11.8. The summed E-state index contributed by atoms with van der Waals surface area (Å²) in [7, 11) is 0. The number of imidazole rings is 2. The molecule has 0 aliphatic heterocycles. The van der Waals surface area contributed by atoms with Gasteiger partial charge in [0.15, 0.2) is 0 Å². The zero-order valence-corrected chi connectivity index (χ0v) is 20.1. The predicted molar refractivity (Wildman–Crippen MR) is 145 cm³/mol. The van der Waals surface area contributed by atoms with Crippen LogP contribution in [0.2, 0.25) is 0 Å². The molecule has 0 radical (unpaired) electrons. The summed E-state index contributed by atoms with van der Waals surface area (Å²) < 4.78 is 6.96. The highest BCUT2D eigenvalue weighted by atomic mass is 15.2. The van der Waals surface area contributed by atoms with Gasteiger partial charge in [0, 0.05) is 22.2 Å². The Hall–Kier alpha value is -4.05. The highest BCUT2D eigenvalue weighted by Gasteiger charge is 2.26. The molecular weight excluding hydrogens is 416 g/mol. The molecule has 4 nitrogen and oxygen atoms in total. The summed E-state index contributed by atoms with van der Waals surface area (Å²) in [6.45, 7) is 12.9. The Morgan fingerprint density at radius 3 is 2.24 bits per heavy atom. The van der Waals surface area contributed by atoms with Crippen LogP contribution in [-0.2, 0) is 5.54 Å². The molecule has 0 N–H and O–H groups in total. The third-order valence-corrected chi connectivity index (χ3v) is 6.59. The molecule has 3 aromatic carbocycles. The molecule has 0 amide bonds. The lowest BCUT2D eigenvalue weighted by Gasteiger charge is -2.22. The summed E-state index contributed by atoms with van der Waals surface area (Å²) >= 11 is 0. The molecule has 0 spiro atoms. The van der Waals surface area contributed by atoms with Gasteiger partial charge in [-0.1, -0.05) is 49.1 Å². The third-order valence-electron chi connectivity index (χ3n) is 6.59. The molecule has 6 rings (SSSR count). The molecule has 0 fully saturated rings. The van der Waals surface area contributed by atoms with Gasteiger partial charge >= 0.3 is 0 Å². The summed E-state index contributed by atoms with van der Waals surface area (Å²) in [5, 5.41) is 1.18. The fourth-order valence-corrected chi connectivity index (χ4v) is 5.33. The van der Waals surface area contributed by atoms with Crippen LogP contribution in [0.4, 0.5) is 0 Å². The van der Waals surface area contributed by atoms with Gasteiger partial charge in [-0.3, -0.25) is 4.40 Å². The van der Waals surface area contributed by atoms with Gasteiger partial charge in [-0.15, -0.1) is 0 Å². The first-order valence-corrected chi connectivity index (χ1v) is 11.8. The fraction of sp³-hybridized carbons (Fsp3) is 0.167. The number of hydrogen-bond acceptors (Lipinski definition) is 1. The lowest BCUT2D eigenvalue weighted by Crippen LogP contribution is -2.21. The zero-order valence-electron chi connectivity index (χ0n) is 20.1. The van der Waals surface area contributed by atoms with Crippen LogP contribution >= 0.6 is 0 Å². The van der Waals surface area contributed by atoms with Crippen LogP contribution in [0.1, 0.15) is 39.0 Å². The Morgan fingerprint density at radius 2 is 1.56 bits per heavy atom. The zero-order chi connectivity index (χ0) is 23.6. The molecule has 0 saturated carbocycles. The second-order valence-electron chi connectivity index (χ2n) is 9.75. The van der Waals surface area contributed by atoms with E-state index in [1.807, 2.05) is 6.08 Å². The van der Waals surface area contributed by atoms with E-state index in [2.05, 4.69) is 127 Å². The molecule has 4 heteroatoms. The van der Waals surface area contributed by atoms with Crippen LogP contribution in [0.25, 0.3) is 56.6 Å². The van der Waals surface area contributed by atoms with Crippen molar-refractivity contribution in [1.29, 1.82) is 0 Å². The smallest absolute Gasteiger partial charge is 0.216 e. The number of hydrogen-bond donors (Lipinski definition) is 0. The Balaban J connectivity index is 1.88. The number of para-hydroxylation sites is 3. The molecule has 34 heavy (non-hydrogen) atoms. The summed E-state index contributed by atoms with van der Waals surface area (Å²) in [6, 6.07) is 23.5. The molecule has 3 aromatic heterocycles. The van der Waals surface area contributed by atoms with Crippen molar-refractivity contribution < 1.29 is 0 Å². The molecule has 0 bridgehead atoms. The van der Waals surface area contributed by atoms with Gasteiger partial charge in [-0.25, -0.2) is 4.98 Å². The van der Waals surface area contributed by atoms with Gasteiger partial charge in [0.25, 0.3) is 0 Å². The Morgan fingerprint density at radius 1 is 0.853 bits per heavy atom. The summed E-state index contributed by atoms with van der Waals surface area (Å²) in [6.07, 6.45) is 6.21. The van der Waals surface area contributed by atoms with Crippen molar-refractivity contribution in [2.75, 3.05) is 0 Å². The quantitative estimate of drug-likeness (QED) is 0.273. The summed E-state index contributed by atoms with van der Waals surface area (Å²) in [5.41, 5.74) is 8.82. The van der Waals surface area contributed by atoms with Crippen LogP contribution in [0, 0.1) is 0 Å².